The van der Waals surface area contributed by atoms with Gasteiger partial charge >= 0.3 is 0 Å². The van der Waals surface area contributed by atoms with Crippen molar-refractivity contribution in [1.82, 2.24) is 10.6 Å². The molecule has 198 valence electrons. The minimum Gasteiger partial charge on any atom is -0.487 e. The summed E-state index contributed by atoms with van der Waals surface area (Å²) >= 11 is 0. The zero-order valence-electron chi connectivity index (χ0n) is 21.1. The summed E-state index contributed by atoms with van der Waals surface area (Å²) in [5.74, 6) is -0.497. The number of hydrogen-bond donors (Lipinski definition) is 2. The van der Waals surface area contributed by atoms with Crippen LogP contribution in [0.15, 0.2) is 65.1 Å². The van der Waals surface area contributed by atoms with Gasteiger partial charge in [0.1, 0.15) is 29.5 Å². The molecule has 2 N–H and O–H groups in total. The molecule has 0 aliphatic carbocycles. The summed E-state index contributed by atoms with van der Waals surface area (Å²) in [6.07, 6.45) is -2.69. The van der Waals surface area contributed by atoms with Crippen molar-refractivity contribution < 1.29 is 31.9 Å². The summed E-state index contributed by atoms with van der Waals surface area (Å²) in [5, 5.41) is 5.89. The fourth-order valence-corrected chi connectivity index (χ4v) is 3.99. The summed E-state index contributed by atoms with van der Waals surface area (Å²) < 4.78 is 50.7. The van der Waals surface area contributed by atoms with Crippen LogP contribution in [0.1, 0.15) is 34.6 Å². The molecule has 0 spiro atoms. The number of fused-ring (bicyclic) bond motifs is 1. The first-order chi connectivity index (χ1) is 18.2. The molecule has 1 aromatic heterocycles. The predicted octanol–water partition coefficient (Wildman–Crippen LogP) is 6.30. The maximum Gasteiger partial charge on any atom is 0.272 e. The molecule has 0 aliphatic rings. The largest absolute Gasteiger partial charge is 0.487 e. The van der Waals surface area contributed by atoms with E-state index < -0.39 is 24.8 Å². The highest BCUT2D eigenvalue weighted by Crippen LogP contribution is 2.38. The fourth-order valence-electron chi connectivity index (χ4n) is 3.99. The Morgan fingerprint density at radius 1 is 0.947 bits per heavy atom. The van der Waals surface area contributed by atoms with Crippen molar-refractivity contribution in [2.24, 2.45) is 5.92 Å². The molecule has 1 heterocycles. The lowest BCUT2D eigenvalue weighted by Gasteiger charge is -2.14. The molecular weight excluding hydrogens is 497 g/mol. The van der Waals surface area contributed by atoms with Crippen LogP contribution in [-0.2, 0) is 0 Å². The standard InChI is InChI=1S/C29H27F3N2O4/c1-16(2)14-34-28(35)19-7-10-23(37-15-25(31)32)21(13-19)18-6-11-24-22(12-18)26(29(36)33-3)27(38-24)17-4-8-20(30)9-5-17/h4-13,16,25H,14-15H2,1-3H3,(H,33,36)(H,34,35). The van der Waals surface area contributed by atoms with E-state index in [1.54, 1.807) is 24.3 Å². The molecule has 4 aromatic rings. The molecule has 9 heteroatoms. The molecular formula is C29H27F3N2O4. The van der Waals surface area contributed by atoms with Crippen LogP contribution in [0.4, 0.5) is 13.2 Å². The van der Waals surface area contributed by atoms with Crippen LogP contribution < -0.4 is 15.4 Å². The number of nitrogens with one attached hydrogen (secondary N) is 2. The lowest BCUT2D eigenvalue weighted by atomic mass is 9.98. The van der Waals surface area contributed by atoms with Crippen LogP contribution in [-0.4, -0.2) is 38.4 Å². The molecule has 4 rings (SSSR count). The van der Waals surface area contributed by atoms with E-state index in [4.69, 9.17) is 9.15 Å². The number of amides is 2. The van der Waals surface area contributed by atoms with E-state index in [2.05, 4.69) is 10.6 Å². The average Bonchev–Trinajstić information content (AvgIpc) is 3.29. The highest BCUT2D eigenvalue weighted by Gasteiger charge is 2.23. The monoisotopic (exact) mass is 524 g/mol. The van der Waals surface area contributed by atoms with Crippen LogP contribution in [0, 0.1) is 11.7 Å². The lowest BCUT2D eigenvalue weighted by molar-refractivity contribution is 0.0821. The fraction of sp³-hybridized carbons (Fsp3) is 0.241. The van der Waals surface area contributed by atoms with Crippen molar-refractivity contribution in [3.63, 3.8) is 0 Å². The zero-order valence-corrected chi connectivity index (χ0v) is 21.1. The third-order valence-corrected chi connectivity index (χ3v) is 5.84. The quantitative estimate of drug-likeness (QED) is 0.270. The van der Waals surface area contributed by atoms with Gasteiger partial charge in [0.15, 0.2) is 0 Å². The smallest absolute Gasteiger partial charge is 0.272 e. The first-order valence-corrected chi connectivity index (χ1v) is 12.1. The Balaban J connectivity index is 1.85. The number of benzene rings is 3. The van der Waals surface area contributed by atoms with Gasteiger partial charge in [0, 0.05) is 35.7 Å². The van der Waals surface area contributed by atoms with Gasteiger partial charge in [0.2, 0.25) is 0 Å². The second-order valence-electron chi connectivity index (χ2n) is 9.12. The number of rotatable bonds is 9. The minimum absolute atomic E-state index is 0.161. The van der Waals surface area contributed by atoms with Crippen LogP contribution in [0.25, 0.3) is 33.4 Å². The summed E-state index contributed by atoms with van der Waals surface area (Å²) in [6.45, 7) is 3.59. The Hall–Kier alpha value is -4.27. The van der Waals surface area contributed by atoms with Crippen molar-refractivity contribution in [1.29, 1.82) is 0 Å². The van der Waals surface area contributed by atoms with Crippen molar-refractivity contribution in [2.45, 2.75) is 20.3 Å². The second kappa shape index (κ2) is 11.4. The zero-order chi connectivity index (χ0) is 27.4. The maximum absolute atomic E-state index is 13.5. The predicted molar refractivity (Wildman–Crippen MR) is 139 cm³/mol. The summed E-state index contributed by atoms with van der Waals surface area (Å²) in [7, 11) is 1.48. The molecule has 38 heavy (non-hydrogen) atoms. The summed E-state index contributed by atoms with van der Waals surface area (Å²) in [4.78, 5) is 25.6. The SMILES string of the molecule is CNC(=O)c1c(-c2ccc(F)cc2)oc2ccc(-c3cc(C(=O)NCC(C)C)ccc3OCC(F)F)cc12. The Morgan fingerprint density at radius 3 is 2.32 bits per heavy atom. The highest BCUT2D eigenvalue weighted by molar-refractivity contribution is 6.12. The average molecular weight is 525 g/mol. The Morgan fingerprint density at radius 2 is 1.66 bits per heavy atom. The molecule has 0 radical (unpaired) electrons. The number of ether oxygens (including phenoxy) is 1. The molecule has 0 bridgehead atoms. The molecule has 0 atom stereocenters. The summed E-state index contributed by atoms with van der Waals surface area (Å²) in [5.41, 5.74) is 2.39. The molecule has 2 amide bonds. The third kappa shape index (κ3) is 5.82. The van der Waals surface area contributed by atoms with Gasteiger partial charge in [-0.05, 0) is 66.1 Å². The number of hydrogen-bond acceptors (Lipinski definition) is 4. The van der Waals surface area contributed by atoms with E-state index in [9.17, 15) is 22.8 Å². The number of carbonyl (C=O) groups is 2. The maximum atomic E-state index is 13.5. The first-order valence-electron chi connectivity index (χ1n) is 12.1. The summed E-state index contributed by atoms with van der Waals surface area (Å²) in [6, 6.07) is 15.1. The van der Waals surface area contributed by atoms with E-state index in [0.717, 1.165) is 0 Å². The van der Waals surface area contributed by atoms with Crippen molar-refractivity contribution in [2.75, 3.05) is 20.2 Å². The normalized spacial score (nSPS) is 11.3. The van der Waals surface area contributed by atoms with Crippen molar-refractivity contribution >= 4 is 22.8 Å². The molecule has 0 saturated heterocycles. The van der Waals surface area contributed by atoms with E-state index in [1.165, 1.54) is 43.4 Å². The Bertz CT molecular complexity index is 1460. The minimum atomic E-state index is -2.69. The first kappa shape index (κ1) is 26.8. The van der Waals surface area contributed by atoms with Crippen molar-refractivity contribution in [3.8, 4) is 28.2 Å². The van der Waals surface area contributed by atoms with Gasteiger partial charge in [-0.25, -0.2) is 13.2 Å². The van der Waals surface area contributed by atoms with Crippen LogP contribution in [0.3, 0.4) is 0 Å². The second-order valence-corrected chi connectivity index (χ2v) is 9.12. The van der Waals surface area contributed by atoms with Gasteiger partial charge in [-0.1, -0.05) is 19.9 Å². The molecule has 0 unspecified atom stereocenters. The van der Waals surface area contributed by atoms with Gasteiger partial charge in [-0.3, -0.25) is 9.59 Å². The van der Waals surface area contributed by atoms with Crippen LogP contribution in [0.5, 0.6) is 5.75 Å². The van der Waals surface area contributed by atoms with E-state index in [-0.39, 0.29) is 28.9 Å². The Labute approximate surface area is 217 Å². The highest BCUT2D eigenvalue weighted by atomic mass is 19.3. The molecule has 0 saturated carbocycles. The molecule has 0 aliphatic heterocycles. The molecule has 6 nitrogen and oxygen atoms in total. The van der Waals surface area contributed by atoms with Gasteiger partial charge in [-0.15, -0.1) is 0 Å². The number of alkyl halides is 2. The van der Waals surface area contributed by atoms with Crippen molar-refractivity contribution in [3.05, 3.63) is 77.6 Å². The Kier molecular flexibility index (Phi) is 8.05. The van der Waals surface area contributed by atoms with Gasteiger partial charge < -0.3 is 19.8 Å². The lowest BCUT2D eigenvalue weighted by Crippen LogP contribution is -2.27. The van der Waals surface area contributed by atoms with Gasteiger partial charge in [-0.2, -0.15) is 0 Å². The van der Waals surface area contributed by atoms with Crippen LogP contribution >= 0.6 is 0 Å². The molecule has 3 aromatic carbocycles. The van der Waals surface area contributed by atoms with Gasteiger partial charge in [0.05, 0.1) is 5.56 Å². The topological polar surface area (TPSA) is 80.6 Å². The molecule has 0 fully saturated rings. The third-order valence-electron chi connectivity index (χ3n) is 5.84. The van der Waals surface area contributed by atoms with E-state index in [1.807, 2.05) is 13.8 Å². The number of furan rings is 1. The van der Waals surface area contributed by atoms with E-state index in [0.29, 0.717) is 39.8 Å². The van der Waals surface area contributed by atoms with Crippen LogP contribution in [0.2, 0.25) is 0 Å². The van der Waals surface area contributed by atoms with Gasteiger partial charge in [0.25, 0.3) is 18.2 Å². The number of carbonyl (C=O) groups excluding carboxylic acids is 2. The van der Waals surface area contributed by atoms with E-state index >= 15 is 0 Å². The number of halogens is 3.